The molecule has 20 heavy (non-hydrogen) atoms. The van der Waals surface area contributed by atoms with Crippen molar-refractivity contribution in [2.24, 2.45) is 0 Å². The summed E-state index contributed by atoms with van der Waals surface area (Å²) < 4.78 is 6.07. The zero-order valence-electron chi connectivity index (χ0n) is 11.9. The Balaban J connectivity index is 1.94. The van der Waals surface area contributed by atoms with Crippen LogP contribution in [0.3, 0.4) is 0 Å². The molecule has 6 heteroatoms. The van der Waals surface area contributed by atoms with Crippen molar-refractivity contribution in [1.82, 2.24) is 15.2 Å². The second kappa shape index (κ2) is 6.65. The van der Waals surface area contributed by atoms with E-state index in [1.165, 1.54) is 0 Å². The van der Waals surface area contributed by atoms with Crippen LogP contribution in [0.25, 0.3) is 0 Å². The molecule has 0 bridgehead atoms. The Morgan fingerprint density at radius 1 is 1.50 bits per heavy atom. The molecular formula is C14H20BrN3O2. The van der Waals surface area contributed by atoms with Gasteiger partial charge < -0.3 is 10.1 Å². The molecule has 2 heterocycles. The number of rotatable bonds is 4. The molecule has 1 amide bonds. The Morgan fingerprint density at radius 2 is 2.20 bits per heavy atom. The average Bonchev–Trinajstić information content (AvgIpc) is 2.46. The largest absolute Gasteiger partial charge is 0.379 e. The monoisotopic (exact) mass is 341 g/mol. The highest BCUT2D eigenvalue weighted by Crippen LogP contribution is 2.16. The van der Waals surface area contributed by atoms with Crippen molar-refractivity contribution in [1.29, 1.82) is 0 Å². The lowest BCUT2D eigenvalue weighted by molar-refractivity contribution is -0.00924. The van der Waals surface area contributed by atoms with Crippen molar-refractivity contribution in [3.8, 4) is 0 Å². The van der Waals surface area contributed by atoms with Gasteiger partial charge in [-0.3, -0.25) is 9.69 Å². The first-order valence-corrected chi connectivity index (χ1v) is 7.51. The van der Waals surface area contributed by atoms with Crippen molar-refractivity contribution >= 4 is 21.8 Å². The molecule has 5 nitrogen and oxygen atoms in total. The Morgan fingerprint density at radius 3 is 2.85 bits per heavy atom. The number of nitrogens with one attached hydrogen (secondary N) is 1. The summed E-state index contributed by atoms with van der Waals surface area (Å²) in [6, 6.07) is 3.60. The van der Waals surface area contributed by atoms with Gasteiger partial charge in [0.2, 0.25) is 0 Å². The Labute approximate surface area is 127 Å². The van der Waals surface area contributed by atoms with Gasteiger partial charge >= 0.3 is 0 Å². The lowest BCUT2D eigenvalue weighted by Crippen LogP contribution is -2.55. The third-order valence-electron chi connectivity index (χ3n) is 3.52. The number of carbonyl (C=O) groups excluding carboxylic acids is 1. The molecule has 0 atom stereocenters. The number of hydrogen-bond donors (Lipinski definition) is 1. The second-order valence-corrected chi connectivity index (χ2v) is 6.28. The summed E-state index contributed by atoms with van der Waals surface area (Å²) >= 11 is 3.34. The summed E-state index contributed by atoms with van der Waals surface area (Å²) in [5, 5.41) is 2.96. The van der Waals surface area contributed by atoms with Crippen LogP contribution in [0.2, 0.25) is 0 Å². The molecule has 110 valence electrons. The zero-order chi connectivity index (χ0) is 14.6. The Kier molecular flexibility index (Phi) is 5.12. The minimum Gasteiger partial charge on any atom is -0.379 e. The predicted octanol–water partition coefficient (Wildman–Crippen LogP) is 1.68. The molecule has 0 spiro atoms. The summed E-state index contributed by atoms with van der Waals surface area (Å²) in [4.78, 5) is 18.6. The van der Waals surface area contributed by atoms with Gasteiger partial charge in [-0.05, 0) is 41.9 Å². The van der Waals surface area contributed by atoms with E-state index in [1.807, 2.05) is 6.07 Å². The minimum absolute atomic E-state index is 0.0965. The third kappa shape index (κ3) is 3.77. The maximum atomic E-state index is 12.1. The molecule has 1 aromatic heterocycles. The van der Waals surface area contributed by atoms with E-state index in [2.05, 4.69) is 45.0 Å². The fourth-order valence-electron chi connectivity index (χ4n) is 2.21. The number of nitrogens with zero attached hydrogens (tertiary/aromatic N) is 2. The molecule has 1 aliphatic heterocycles. The van der Waals surface area contributed by atoms with Gasteiger partial charge in [-0.25, -0.2) is 4.98 Å². The zero-order valence-corrected chi connectivity index (χ0v) is 13.4. The van der Waals surface area contributed by atoms with Crippen molar-refractivity contribution in [3.63, 3.8) is 0 Å². The third-order valence-corrected chi connectivity index (χ3v) is 4.16. The van der Waals surface area contributed by atoms with Gasteiger partial charge in [0, 0.05) is 35.8 Å². The molecule has 1 fully saturated rings. The van der Waals surface area contributed by atoms with Crippen molar-refractivity contribution in [2.45, 2.75) is 19.4 Å². The first-order valence-electron chi connectivity index (χ1n) is 6.72. The standard InChI is InChI=1S/C14H20BrN3O2/c1-14(2,18-6-8-20-9-7-18)10-17-13(19)12-11(15)4-3-5-16-12/h3-5H,6-10H2,1-2H3,(H,17,19). The highest BCUT2D eigenvalue weighted by molar-refractivity contribution is 9.10. The SMILES string of the molecule is CC(C)(CNC(=O)c1ncccc1Br)N1CCOCC1. The maximum absolute atomic E-state index is 12.1. The maximum Gasteiger partial charge on any atom is 0.271 e. The van der Waals surface area contributed by atoms with Crippen LogP contribution < -0.4 is 5.32 Å². The van der Waals surface area contributed by atoms with Gasteiger partial charge in [-0.15, -0.1) is 0 Å². The summed E-state index contributed by atoms with van der Waals surface area (Å²) in [7, 11) is 0. The van der Waals surface area contributed by atoms with Crippen LogP contribution in [0, 0.1) is 0 Å². The van der Waals surface area contributed by atoms with E-state index in [1.54, 1.807) is 12.3 Å². The Hall–Kier alpha value is -0.980. The number of carbonyl (C=O) groups is 1. The summed E-state index contributed by atoms with van der Waals surface area (Å²) in [6.07, 6.45) is 1.62. The van der Waals surface area contributed by atoms with Gasteiger partial charge in [-0.1, -0.05) is 0 Å². The van der Waals surface area contributed by atoms with Crippen LogP contribution >= 0.6 is 15.9 Å². The van der Waals surface area contributed by atoms with Crippen molar-refractivity contribution in [3.05, 3.63) is 28.5 Å². The quantitative estimate of drug-likeness (QED) is 0.905. The molecule has 1 N–H and O–H groups in total. The van der Waals surface area contributed by atoms with E-state index >= 15 is 0 Å². The number of amides is 1. The van der Waals surface area contributed by atoms with Crippen molar-refractivity contribution in [2.75, 3.05) is 32.8 Å². The molecular weight excluding hydrogens is 322 g/mol. The first kappa shape index (κ1) is 15.4. The summed E-state index contributed by atoms with van der Waals surface area (Å²) in [5.41, 5.74) is 0.325. The lowest BCUT2D eigenvalue weighted by Gasteiger charge is -2.40. The number of morpholine rings is 1. The van der Waals surface area contributed by atoms with E-state index in [0.29, 0.717) is 16.7 Å². The molecule has 1 aliphatic rings. The minimum atomic E-state index is -0.154. The molecule has 0 unspecified atom stereocenters. The summed E-state index contributed by atoms with van der Waals surface area (Å²) in [6.45, 7) is 8.14. The van der Waals surface area contributed by atoms with E-state index in [4.69, 9.17) is 4.74 Å². The smallest absolute Gasteiger partial charge is 0.271 e. The average molecular weight is 342 g/mol. The van der Waals surface area contributed by atoms with Gasteiger partial charge in [0.05, 0.1) is 13.2 Å². The topological polar surface area (TPSA) is 54.5 Å². The van der Waals surface area contributed by atoms with Gasteiger partial charge in [0.1, 0.15) is 5.69 Å². The van der Waals surface area contributed by atoms with Crippen LogP contribution in [-0.4, -0.2) is 54.2 Å². The lowest BCUT2D eigenvalue weighted by atomic mass is 10.0. The fraction of sp³-hybridized carbons (Fsp3) is 0.571. The highest BCUT2D eigenvalue weighted by Gasteiger charge is 2.29. The van der Waals surface area contributed by atoms with E-state index in [0.717, 1.165) is 26.3 Å². The fourth-order valence-corrected chi connectivity index (χ4v) is 2.65. The highest BCUT2D eigenvalue weighted by atomic mass is 79.9. The molecule has 0 aromatic carbocycles. The molecule has 0 aliphatic carbocycles. The predicted molar refractivity (Wildman–Crippen MR) is 80.7 cm³/mol. The van der Waals surface area contributed by atoms with E-state index < -0.39 is 0 Å². The number of pyridine rings is 1. The Bertz CT molecular complexity index is 473. The van der Waals surface area contributed by atoms with Crippen LogP contribution in [-0.2, 0) is 4.74 Å². The van der Waals surface area contributed by atoms with Gasteiger partial charge in [0.25, 0.3) is 5.91 Å². The summed E-state index contributed by atoms with van der Waals surface area (Å²) in [5.74, 6) is -0.154. The van der Waals surface area contributed by atoms with Crippen LogP contribution in [0.1, 0.15) is 24.3 Å². The molecule has 0 radical (unpaired) electrons. The molecule has 2 rings (SSSR count). The van der Waals surface area contributed by atoms with E-state index in [9.17, 15) is 4.79 Å². The number of aromatic nitrogens is 1. The molecule has 1 aromatic rings. The van der Waals surface area contributed by atoms with Crippen LogP contribution in [0.4, 0.5) is 0 Å². The number of hydrogen-bond acceptors (Lipinski definition) is 4. The second-order valence-electron chi connectivity index (χ2n) is 5.43. The first-order chi connectivity index (χ1) is 9.50. The molecule has 0 saturated carbocycles. The van der Waals surface area contributed by atoms with Crippen LogP contribution in [0.15, 0.2) is 22.8 Å². The normalized spacial score (nSPS) is 16.9. The molecule has 1 saturated heterocycles. The number of ether oxygens (including phenoxy) is 1. The van der Waals surface area contributed by atoms with Gasteiger partial charge in [-0.2, -0.15) is 0 Å². The number of halogens is 1. The van der Waals surface area contributed by atoms with Crippen molar-refractivity contribution < 1.29 is 9.53 Å². The van der Waals surface area contributed by atoms with Gasteiger partial charge in [0.15, 0.2) is 0 Å². The van der Waals surface area contributed by atoms with E-state index in [-0.39, 0.29) is 11.4 Å². The van der Waals surface area contributed by atoms with Crippen LogP contribution in [0.5, 0.6) is 0 Å².